The number of amides is 1. The summed E-state index contributed by atoms with van der Waals surface area (Å²) in [7, 11) is 0. The maximum Gasteiger partial charge on any atom is 0.573 e. The average Bonchev–Trinajstić information content (AvgIpc) is 2.28. The van der Waals surface area contributed by atoms with Crippen molar-refractivity contribution in [1.82, 2.24) is 5.32 Å². The number of nitrogens with one attached hydrogen (secondary N) is 1. The Morgan fingerprint density at radius 1 is 1.28 bits per heavy atom. The predicted molar refractivity (Wildman–Crippen MR) is 63.9 cm³/mol. The molecule has 100 valence electrons. The molecule has 0 bridgehead atoms. The first-order valence-electron chi connectivity index (χ1n) is 5.12. The molecule has 0 aliphatic heterocycles. The number of halogens is 4. The lowest BCUT2D eigenvalue weighted by molar-refractivity contribution is -0.274. The molecular formula is C11H11BrF3NO2. The van der Waals surface area contributed by atoms with E-state index in [9.17, 15) is 18.0 Å². The van der Waals surface area contributed by atoms with Gasteiger partial charge in [-0.05, 0) is 30.7 Å². The highest BCUT2D eigenvalue weighted by Gasteiger charge is 2.31. The van der Waals surface area contributed by atoms with Gasteiger partial charge in [-0.15, -0.1) is 13.2 Å². The molecule has 0 unspecified atom stereocenters. The number of ether oxygens (including phenoxy) is 1. The van der Waals surface area contributed by atoms with Crippen molar-refractivity contribution in [2.75, 3.05) is 11.9 Å². The number of hydrogen-bond acceptors (Lipinski definition) is 2. The van der Waals surface area contributed by atoms with Gasteiger partial charge in [0.1, 0.15) is 5.75 Å². The molecule has 0 aromatic heterocycles. The van der Waals surface area contributed by atoms with Gasteiger partial charge >= 0.3 is 6.36 Å². The van der Waals surface area contributed by atoms with Crippen LogP contribution in [0.4, 0.5) is 13.2 Å². The monoisotopic (exact) mass is 325 g/mol. The lowest BCUT2D eigenvalue weighted by Gasteiger charge is -2.09. The van der Waals surface area contributed by atoms with E-state index in [0.717, 1.165) is 23.9 Å². The molecule has 0 saturated carbocycles. The Hall–Kier alpha value is -1.24. The highest BCUT2D eigenvalue weighted by atomic mass is 79.9. The summed E-state index contributed by atoms with van der Waals surface area (Å²) < 4.78 is 39.4. The summed E-state index contributed by atoms with van der Waals surface area (Å²) in [6.45, 7) is 0.505. The minimum absolute atomic E-state index is 0.291. The molecule has 1 amide bonds. The lowest BCUT2D eigenvalue weighted by atomic mass is 10.2. The molecule has 0 heterocycles. The predicted octanol–water partition coefficient (Wildman–Crippen LogP) is 3.10. The summed E-state index contributed by atoms with van der Waals surface area (Å²) >= 11 is 3.22. The van der Waals surface area contributed by atoms with Gasteiger partial charge in [-0.25, -0.2) is 0 Å². The highest BCUT2D eigenvalue weighted by molar-refractivity contribution is 9.09. The van der Waals surface area contributed by atoms with Gasteiger partial charge in [-0.1, -0.05) is 15.9 Å². The number of benzene rings is 1. The minimum atomic E-state index is -4.72. The van der Waals surface area contributed by atoms with Crippen molar-refractivity contribution >= 4 is 21.8 Å². The molecule has 0 saturated heterocycles. The molecule has 18 heavy (non-hydrogen) atoms. The number of alkyl halides is 4. The number of carbonyl (C=O) groups excluding carboxylic acids is 1. The molecule has 0 spiro atoms. The van der Waals surface area contributed by atoms with Gasteiger partial charge in [0.15, 0.2) is 0 Å². The Balaban J connectivity index is 2.57. The average molecular weight is 326 g/mol. The molecule has 0 fully saturated rings. The molecule has 1 N–H and O–H groups in total. The van der Waals surface area contributed by atoms with Crippen LogP contribution in [-0.4, -0.2) is 24.1 Å². The molecule has 3 nitrogen and oxygen atoms in total. The van der Waals surface area contributed by atoms with Gasteiger partial charge in [-0.2, -0.15) is 0 Å². The van der Waals surface area contributed by atoms with Gasteiger partial charge in [0.05, 0.1) is 0 Å². The smallest absolute Gasteiger partial charge is 0.406 e. The maximum absolute atomic E-state index is 11.9. The van der Waals surface area contributed by atoms with E-state index < -0.39 is 6.36 Å². The number of rotatable bonds is 5. The van der Waals surface area contributed by atoms with Crippen molar-refractivity contribution < 1.29 is 22.7 Å². The third-order valence-corrected chi connectivity index (χ3v) is 2.51. The Morgan fingerprint density at radius 3 is 2.39 bits per heavy atom. The Kier molecular flexibility index (Phi) is 5.46. The van der Waals surface area contributed by atoms with Crippen LogP contribution in [0.2, 0.25) is 0 Å². The van der Waals surface area contributed by atoms with Crippen LogP contribution in [0.3, 0.4) is 0 Å². The van der Waals surface area contributed by atoms with Crippen LogP contribution in [0, 0.1) is 0 Å². The minimum Gasteiger partial charge on any atom is -0.406 e. The zero-order chi connectivity index (χ0) is 13.6. The first-order chi connectivity index (χ1) is 8.42. The molecule has 0 aliphatic rings. The molecule has 1 aromatic rings. The van der Waals surface area contributed by atoms with Crippen molar-refractivity contribution in [2.24, 2.45) is 0 Å². The van der Waals surface area contributed by atoms with E-state index in [2.05, 4.69) is 26.0 Å². The summed E-state index contributed by atoms with van der Waals surface area (Å²) in [5.41, 5.74) is 0.291. The van der Waals surface area contributed by atoms with Crippen LogP contribution in [0.25, 0.3) is 0 Å². The standard InChI is InChI=1S/C11H11BrF3NO2/c12-6-1-7-16-10(17)8-2-4-9(5-3-8)18-11(13,14)15/h2-5H,1,6-7H2,(H,16,17). The van der Waals surface area contributed by atoms with E-state index in [4.69, 9.17) is 0 Å². The van der Waals surface area contributed by atoms with Gasteiger partial charge in [-0.3, -0.25) is 4.79 Å². The van der Waals surface area contributed by atoms with E-state index in [1.54, 1.807) is 0 Å². The fourth-order valence-electron chi connectivity index (χ4n) is 1.18. The lowest BCUT2D eigenvalue weighted by Crippen LogP contribution is -2.24. The van der Waals surface area contributed by atoms with Crippen LogP contribution in [0.5, 0.6) is 5.75 Å². The molecule has 1 aromatic carbocycles. The molecule has 0 aliphatic carbocycles. The fraction of sp³-hybridized carbons (Fsp3) is 0.364. The molecular weight excluding hydrogens is 315 g/mol. The van der Waals surface area contributed by atoms with E-state index in [1.807, 2.05) is 0 Å². The van der Waals surface area contributed by atoms with Crippen LogP contribution in [0.15, 0.2) is 24.3 Å². The SMILES string of the molecule is O=C(NCCCBr)c1ccc(OC(F)(F)F)cc1. The zero-order valence-electron chi connectivity index (χ0n) is 9.26. The van der Waals surface area contributed by atoms with E-state index >= 15 is 0 Å². The van der Waals surface area contributed by atoms with Crippen molar-refractivity contribution in [1.29, 1.82) is 0 Å². The zero-order valence-corrected chi connectivity index (χ0v) is 10.8. The van der Waals surface area contributed by atoms with E-state index in [0.29, 0.717) is 12.1 Å². The van der Waals surface area contributed by atoms with Crippen molar-refractivity contribution in [2.45, 2.75) is 12.8 Å². The summed E-state index contributed by atoms with van der Waals surface area (Å²) in [6, 6.07) is 4.77. The van der Waals surface area contributed by atoms with Gasteiger partial charge in [0.2, 0.25) is 0 Å². The van der Waals surface area contributed by atoms with Crippen LogP contribution in [-0.2, 0) is 0 Å². The van der Waals surface area contributed by atoms with E-state index in [1.165, 1.54) is 12.1 Å². The summed E-state index contributed by atoms with van der Waals surface area (Å²) in [4.78, 5) is 11.5. The summed E-state index contributed by atoms with van der Waals surface area (Å²) in [5.74, 6) is -0.672. The Morgan fingerprint density at radius 2 is 1.89 bits per heavy atom. The van der Waals surface area contributed by atoms with Crippen LogP contribution < -0.4 is 10.1 Å². The second-order valence-corrected chi connectivity index (χ2v) is 4.16. The number of carbonyl (C=O) groups is 1. The van der Waals surface area contributed by atoms with Gasteiger partial charge in [0.25, 0.3) is 5.91 Å². The third kappa shape index (κ3) is 5.39. The normalized spacial score (nSPS) is 11.1. The van der Waals surface area contributed by atoms with Gasteiger partial charge < -0.3 is 10.1 Å². The van der Waals surface area contributed by atoms with Crippen molar-refractivity contribution in [3.8, 4) is 5.75 Å². The van der Waals surface area contributed by atoms with E-state index in [-0.39, 0.29) is 11.7 Å². The first-order valence-corrected chi connectivity index (χ1v) is 6.24. The molecule has 0 atom stereocenters. The van der Waals surface area contributed by atoms with Gasteiger partial charge in [0, 0.05) is 17.4 Å². The Labute approximate surface area is 110 Å². The third-order valence-electron chi connectivity index (χ3n) is 1.95. The van der Waals surface area contributed by atoms with Crippen LogP contribution in [0.1, 0.15) is 16.8 Å². The second kappa shape index (κ2) is 6.63. The number of hydrogen-bond donors (Lipinski definition) is 1. The topological polar surface area (TPSA) is 38.3 Å². The second-order valence-electron chi connectivity index (χ2n) is 3.37. The Bertz CT molecular complexity index is 392. The van der Waals surface area contributed by atoms with Crippen LogP contribution >= 0.6 is 15.9 Å². The summed E-state index contributed by atoms with van der Waals surface area (Å²) in [5, 5.41) is 3.41. The molecule has 7 heteroatoms. The quantitative estimate of drug-likeness (QED) is 0.667. The maximum atomic E-state index is 11.9. The summed E-state index contributed by atoms with van der Waals surface area (Å²) in [6.07, 6.45) is -3.94. The fourth-order valence-corrected chi connectivity index (χ4v) is 1.46. The van der Waals surface area contributed by atoms with Crippen molar-refractivity contribution in [3.05, 3.63) is 29.8 Å². The largest absolute Gasteiger partial charge is 0.573 e. The molecule has 1 rings (SSSR count). The van der Waals surface area contributed by atoms with Crippen molar-refractivity contribution in [3.63, 3.8) is 0 Å². The first kappa shape index (κ1) is 14.8. The molecule has 0 radical (unpaired) electrons. The highest BCUT2D eigenvalue weighted by Crippen LogP contribution is 2.22.